The summed E-state index contributed by atoms with van der Waals surface area (Å²) in [7, 11) is 0. The molecule has 0 fully saturated rings. The molecule has 0 saturated carbocycles. The number of aliphatic carboxylic acids is 1. The van der Waals surface area contributed by atoms with Crippen LogP contribution in [-0.2, 0) is 16.0 Å². The van der Waals surface area contributed by atoms with Crippen molar-refractivity contribution in [1.82, 2.24) is 5.32 Å². The second kappa shape index (κ2) is 7.08. The molecule has 4 heteroatoms. The molecule has 0 heterocycles. The first-order valence-electron chi connectivity index (χ1n) is 6.94. The molecule has 0 spiro atoms. The number of carbonyl (C=O) groups excluding carboxylic acids is 1. The summed E-state index contributed by atoms with van der Waals surface area (Å²) in [4.78, 5) is 23.4. The molecule has 0 aliphatic heterocycles. The highest BCUT2D eigenvalue weighted by atomic mass is 16.4. The molecular weight excluding hydrogens is 254 g/mol. The van der Waals surface area contributed by atoms with Gasteiger partial charge in [0, 0.05) is 5.41 Å². The summed E-state index contributed by atoms with van der Waals surface area (Å²) in [5.41, 5.74) is 0.429. The molecular formula is C16H23NO3. The zero-order valence-corrected chi connectivity index (χ0v) is 12.3. The molecule has 0 bridgehead atoms. The van der Waals surface area contributed by atoms with E-state index in [0.717, 1.165) is 12.0 Å². The molecule has 1 unspecified atom stereocenters. The highest BCUT2D eigenvalue weighted by Crippen LogP contribution is 2.22. The van der Waals surface area contributed by atoms with Gasteiger partial charge in [0.05, 0.1) is 0 Å². The molecule has 4 nitrogen and oxygen atoms in total. The van der Waals surface area contributed by atoms with Crippen LogP contribution in [0, 0.1) is 5.41 Å². The fourth-order valence-corrected chi connectivity index (χ4v) is 2.09. The highest BCUT2D eigenvalue weighted by Gasteiger charge is 2.31. The number of benzene rings is 1. The minimum Gasteiger partial charge on any atom is -0.480 e. The van der Waals surface area contributed by atoms with E-state index in [2.05, 4.69) is 5.32 Å². The summed E-state index contributed by atoms with van der Waals surface area (Å²) in [6, 6.07) is 8.92. The van der Waals surface area contributed by atoms with Gasteiger partial charge in [0.1, 0.15) is 6.04 Å². The Morgan fingerprint density at radius 2 is 1.85 bits per heavy atom. The maximum absolute atomic E-state index is 12.3. The van der Waals surface area contributed by atoms with E-state index in [4.69, 9.17) is 5.11 Å². The molecule has 2 N–H and O–H groups in total. The van der Waals surface area contributed by atoms with Crippen molar-refractivity contribution in [1.29, 1.82) is 0 Å². The Hall–Kier alpha value is -1.84. The zero-order valence-electron chi connectivity index (χ0n) is 12.3. The van der Waals surface area contributed by atoms with Crippen LogP contribution in [0.4, 0.5) is 0 Å². The lowest BCUT2D eigenvalue weighted by Gasteiger charge is -2.26. The summed E-state index contributed by atoms with van der Waals surface area (Å²) in [6.45, 7) is 5.57. The van der Waals surface area contributed by atoms with E-state index in [1.807, 2.05) is 51.1 Å². The third-order valence-corrected chi connectivity index (χ3v) is 3.28. The third kappa shape index (κ3) is 4.68. The fraction of sp³-hybridized carbons (Fsp3) is 0.500. The third-order valence-electron chi connectivity index (χ3n) is 3.28. The van der Waals surface area contributed by atoms with Gasteiger partial charge in [-0.2, -0.15) is 0 Å². The van der Waals surface area contributed by atoms with E-state index in [1.165, 1.54) is 0 Å². The van der Waals surface area contributed by atoms with Crippen LogP contribution in [0.15, 0.2) is 30.3 Å². The van der Waals surface area contributed by atoms with Gasteiger partial charge >= 0.3 is 5.97 Å². The van der Waals surface area contributed by atoms with Crippen LogP contribution in [0.2, 0.25) is 0 Å². The van der Waals surface area contributed by atoms with Crippen LogP contribution in [-0.4, -0.2) is 23.0 Å². The number of amides is 1. The van der Waals surface area contributed by atoms with Gasteiger partial charge in [0.25, 0.3) is 0 Å². The Bertz CT molecular complexity index is 454. The first kappa shape index (κ1) is 16.2. The average Bonchev–Trinajstić information content (AvgIpc) is 2.38. The van der Waals surface area contributed by atoms with Crippen molar-refractivity contribution in [3.05, 3.63) is 35.9 Å². The van der Waals surface area contributed by atoms with E-state index in [-0.39, 0.29) is 5.91 Å². The zero-order chi connectivity index (χ0) is 15.2. The van der Waals surface area contributed by atoms with Crippen LogP contribution in [0.3, 0.4) is 0 Å². The second-order valence-electron chi connectivity index (χ2n) is 5.70. The molecule has 1 rings (SSSR count). The quantitative estimate of drug-likeness (QED) is 0.805. The highest BCUT2D eigenvalue weighted by molar-refractivity contribution is 5.87. The number of nitrogens with one attached hydrogen (secondary N) is 1. The summed E-state index contributed by atoms with van der Waals surface area (Å²) in [6.07, 6.45) is 1.75. The van der Waals surface area contributed by atoms with Crippen molar-refractivity contribution in [2.45, 2.75) is 46.1 Å². The first-order valence-corrected chi connectivity index (χ1v) is 6.94. The molecule has 0 saturated heterocycles. The van der Waals surface area contributed by atoms with Gasteiger partial charge in [-0.1, -0.05) is 57.5 Å². The van der Waals surface area contributed by atoms with Gasteiger partial charge in [-0.05, 0) is 18.4 Å². The van der Waals surface area contributed by atoms with Gasteiger partial charge in [0.15, 0.2) is 0 Å². The topological polar surface area (TPSA) is 66.4 Å². The van der Waals surface area contributed by atoms with Crippen LogP contribution in [0.25, 0.3) is 0 Å². The van der Waals surface area contributed by atoms with Gasteiger partial charge in [-0.3, -0.25) is 4.79 Å². The smallest absolute Gasteiger partial charge is 0.326 e. The van der Waals surface area contributed by atoms with E-state index in [9.17, 15) is 9.59 Å². The largest absolute Gasteiger partial charge is 0.480 e. The standard InChI is InChI=1S/C16H23NO3/c1-4-8-13(14(18)19)17-15(20)16(2,3)11-12-9-6-5-7-10-12/h5-7,9-10,13H,4,8,11H2,1-3H3,(H,17,20)(H,18,19). The molecule has 0 aliphatic rings. The van der Waals surface area contributed by atoms with Gasteiger partial charge in [-0.25, -0.2) is 4.79 Å². The maximum atomic E-state index is 12.3. The van der Waals surface area contributed by atoms with Crippen molar-refractivity contribution in [3.63, 3.8) is 0 Å². The first-order chi connectivity index (χ1) is 9.36. The predicted octanol–water partition coefficient (Wildman–Crippen LogP) is 2.62. The van der Waals surface area contributed by atoms with Crippen LogP contribution in [0.5, 0.6) is 0 Å². The van der Waals surface area contributed by atoms with E-state index >= 15 is 0 Å². The lowest BCUT2D eigenvalue weighted by molar-refractivity contribution is -0.143. The molecule has 0 radical (unpaired) electrons. The summed E-state index contributed by atoms with van der Waals surface area (Å²) in [5.74, 6) is -1.20. The summed E-state index contributed by atoms with van der Waals surface area (Å²) < 4.78 is 0. The molecule has 1 aromatic rings. The number of hydrogen-bond donors (Lipinski definition) is 2. The van der Waals surface area contributed by atoms with Crippen molar-refractivity contribution in [2.75, 3.05) is 0 Å². The van der Waals surface area contributed by atoms with E-state index in [0.29, 0.717) is 12.8 Å². The number of carbonyl (C=O) groups is 2. The molecule has 0 aromatic heterocycles. The van der Waals surface area contributed by atoms with Gasteiger partial charge in [-0.15, -0.1) is 0 Å². The van der Waals surface area contributed by atoms with Crippen LogP contribution >= 0.6 is 0 Å². The second-order valence-corrected chi connectivity index (χ2v) is 5.70. The molecule has 1 atom stereocenters. The Morgan fingerprint density at radius 3 is 2.35 bits per heavy atom. The van der Waals surface area contributed by atoms with E-state index in [1.54, 1.807) is 0 Å². The monoisotopic (exact) mass is 277 g/mol. The van der Waals surface area contributed by atoms with E-state index < -0.39 is 17.4 Å². The average molecular weight is 277 g/mol. The minimum atomic E-state index is -0.976. The lowest BCUT2D eigenvalue weighted by atomic mass is 9.84. The Kier molecular flexibility index (Phi) is 5.74. The van der Waals surface area contributed by atoms with Crippen molar-refractivity contribution >= 4 is 11.9 Å². The Balaban J connectivity index is 2.71. The normalized spacial score (nSPS) is 12.8. The molecule has 1 amide bonds. The van der Waals surface area contributed by atoms with Crippen LogP contribution in [0.1, 0.15) is 39.2 Å². The minimum absolute atomic E-state index is 0.220. The van der Waals surface area contributed by atoms with Gasteiger partial charge < -0.3 is 10.4 Å². The molecule has 0 aliphatic carbocycles. The number of hydrogen-bond acceptors (Lipinski definition) is 2. The van der Waals surface area contributed by atoms with Crippen LogP contribution < -0.4 is 5.32 Å². The number of carboxylic acids is 1. The van der Waals surface area contributed by atoms with Crippen molar-refractivity contribution in [3.8, 4) is 0 Å². The predicted molar refractivity (Wildman–Crippen MR) is 78.4 cm³/mol. The molecule has 20 heavy (non-hydrogen) atoms. The number of carboxylic acid groups (broad SMARTS) is 1. The van der Waals surface area contributed by atoms with Gasteiger partial charge in [0.2, 0.25) is 5.91 Å². The molecule has 1 aromatic carbocycles. The summed E-state index contributed by atoms with van der Waals surface area (Å²) >= 11 is 0. The summed E-state index contributed by atoms with van der Waals surface area (Å²) in [5, 5.41) is 11.7. The number of rotatable bonds is 7. The fourth-order valence-electron chi connectivity index (χ4n) is 2.09. The Morgan fingerprint density at radius 1 is 1.25 bits per heavy atom. The Labute approximate surface area is 120 Å². The SMILES string of the molecule is CCCC(NC(=O)C(C)(C)Cc1ccccc1)C(=O)O. The maximum Gasteiger partial charge on any atom is 0.326 e. The van der Waals surface area contributed by atoms with Crippen molar-refractivity contribution in [2.24, 2.45) is 5.41 Å². The molecule has 110 valence electrons. The lowest BCUT2D eigenvalue weighted by Crippen LogP contribution is -2.47. The van der Waals surface area contributed by atoms with Crippen molar-refractivity contribution < 1.29 is 14.7 Å².